The second kappa shape index (κ2) is 7.96. The van der Waals surface area contributed by atoms with Gasteiger partial charge in [0.25, 0.3) is 0 Å². The SMILES string of the molecule is Cc1cc(C)c(O)c(C(C[C@@H](C)CC(C)(C)C)c2cc(C)cc(C)c2O)c1. The van der Waals surface area contributed by atoms with Gasteiger partial charge in [-0.25, -0.2) is 0 Å². The van der Waals surface area contributed by atoms with E-state index in [9.17, 15) is 10.2 Å². The molecular weight excluding hydrogens is 332 g/mol. The minimum absolute atomic E-state index is 0.0282. The number of rotatable bonds is 5. The van der Waals surface area contributed by atoms with Crippen molar-refractivity contribution in [2.75, 3.05) is 0 Å². The van der Waals surface area contributed by atoms with Gasteiger partial charge in [0.05, 0.1) is 0 Å². The van der Waals surface area contributed by atoms with E-state index in [1.54, 1.807) is 0 Å². The molecule has 0 unspecified atom stereocenters. The van der Waals surface area contributed by atoms with Crippen LogP contribution in [0.1, 0.15) is 79.8 Å². The molecule has 2 N–H and O–H groups in total. The van der Waals surface area contributed by atoms with E-state index in [4.69, 9.17) is 0 Å². The lowest BCUT2D eigenvalue weighted by Gasteiger charge is -2.29. The second-order valence-corrected chi connectivity index (χ2v) is 9.70. The fourth-order valence-corrected chi connectivity index (χ4v) is 4.47. The number of benzene rings is 2. The van der Waals surface area contributed by atoms with Crippen LogP contribution in [0.4, 0.5) is 0 Å². The summed E-state index contributed by atoms with van der Waals surface area (Å²) >= 11 is 0. The van der Waals surface area contributed by atoms with Crippen molar-refractivity contribution < 1.29 is 10.2 Å². The molecule has 27 heavy (non-hydrogen) atoms. The molecule has 2 aromatic rings. The third-order valence-corrected chi connectivity index (χ3v) is 5.30. The van der Waals surface area contributed by atoms with Crippen molar-refractivity contribution >= 4 is 0 Å². The highest BCUT2D eigenvalue weighted by Gasteiger charge is 2.27. The van der Waals surface area contributed by atoms with Crippen molar-refractivity contribution in [1.29, 1.82) is 0 Å². The molecule has 2 nitrogen and oxygen atoms in total. The van der Waals surface area contributed by atoms with E-state index in [2.05, 4.69) is 53.7 Å². The average molecular weight is 369 g/mol. The quantitative estimate of drug-likeness (QED) is 0.601. The standard InChI is InChI=1S/C25H36O2/c1-15-9-18(4)23(26)21(11-15)20(13-17(3)14-25(6,7)8)22-12-16(2)10-19(5)24(22)27/h9-12,17,20,26-27H,13-14H2,1-8H3/t17-/m1/s1. The van der Waals surface area contributed by atoms with E-state index in [0.29, 0.717) is 17.4 Å². The molecule has 0 aliphatic carbocycles. The van der Waals surface area contributed by atoms with Crippen molar-refractivity contribution in [3.05, 3.63) is 57.6 Å². The summed E-state index contributed by atoms with van der Waals surface area (Å²) < 4.78 is 0. The van der Waals surface area contributed by atoms with Gasteiger partial charge in [-0.2, -0.15) is 0 Å². The van der Waals surface area contributed by atoms with Crippen LogP contribution >= 0.6 is 0 Å². The first-order valence-corrected chi connectivity index (χ1v) is 9.99. The first kappa shape index (κ1) is 21.3. The average Bonchev–Trinajstić information content (AvgIpc) is 2.50. The topological polar surface area (TPSA) is 40.5 Å². The maximum atomic E-state index is 10.8. The summed E-state index contributed by atoms with van der Waals surface area (Å²) in [7, 11) is 0. The summed E-state index contributed by atoms with van der Waals surface area (Å²) in [6, 6.07) is 8.17. The lowest BCUT2D eigenvalue weighted by Crippen LogP contribution is -2.15. The van der Waals surface area contributed by atoms with Crippen molar-refractivity contribution in [2.24, 2.45) is 11.3 Å². The summed E-state index contributed by atoms with van der Waals surface area (Å²) in [6.07, 6.45) is 1.99. The van der Waals surface area contributed by atoms with Gasteiger partial charge in [-0.3, -0.25) is 0 Å². The molecule has 0 saturated heterocycles. The molecule has 0 saturated carbocycles. The Labute approximate surface area is 165 Å². The van der Waals surface area contributed by atoms with E-state index in [1.807, 2.05) is 26.0 Å². The Bertz CT molecular complexity index is 755. The van der Waals surface area contributed by atoms with Gasteiger partial charge in [-0.05, 0) is 63.0 Å². The van der Waals surface area contributed by atoms with Crippen LogP contribution in [0.5, 0.6) is 11.5 Å². The molecule has 2 rings (SSSR count). The zero-order chi connectivity index (χ0) is 20.5. The largest absolute Gasteiger partial charge is 0.507 e. The molecule has 0 fully saturated rings. The molecular formula is C25H36O2. The van der Waals surface area contributed by atoms with Gasteiger partial charge in [0.15, 0.2) is 0 Å². The Kier molecular flexibility index (Phi) is 6.29. The van der Waals surface area contributed by atoms with Crippen LogP contribution in [0.25, 0.3) is 0 Å². The zero-order valence-corrected chi connectivity index (χ0v) is 18.3. The molecule has 148 valence electrons. The normalized spacial score (nSPS) is 13.2. The Morgan fingerprint density at radius 1 is 0.778 bits per heavy atom. The number of hydrogen-bond donors (Lipinski definition) is 2. The van der Waals surface area contributed by atoms with E-state index in [-0.39, 0.29) is 11.3 Å². The third kappa shape index (κ3) is 5.28. The van der Waals surface area contributed by atoms with Crippen LogP contribution < -0.4 is 0 Å². The molecule has 2 aromatic carbocycles. The summed E-state index contributed by atoms with van der Waals surface area (Å²) in [5, 5.41) is 21.7. The number of phenols is 2. The van der Waals surface area contributed by atoms with Gasteiger partial charge >= 0.3 is 0 Å². The minimum atomic E-state index is -0.0282. The molecule has 0 heterocycles. The van der Waals surface area contributed by atoms with Crippen LogP contribution in [0.2, 0.25) is 0 Å². The van der Waals surface area contributed by atoms with Crippen molar-refractivity contribution in [3.8, 4) is 11.5 Å². The van der Waals surface area contributed by atoms with Gasteiger partial charge in [0.2, 0.25) is 0 Å². The molecule has 0 aromatic heterocycles. The number of aromatic hydroxyl groups is 2. The molecule has 0 aliphatic heterocycles. The first-order valence-electron chi connectivity index (χ1n) is 9.99. The van der Waals surface area contributed by atoms with Crippen molar-refractivity contribution in [3.63, 3.8) is 0 Å². The lowest BCUT2D eigenvalue weighted by molar-refractivity contribution is 0.289. The van der Waals surface area contributed by atoms with E-state index in [0.717, 1.165) is 46.2 Å². The van der Waals surface area contributed by atoms with Crippen LogP contribution in [0.3, 0.4) is 0 Å². The van der Waals surface area contributed by atoms with Crippen LogP contribution in [0.15, 0.2) is 24.3 Å². The smallest absolute Gasteiger partial charge is 0.122 e. The van der Waals surface area contributed by atoms with Gasteiger partial charge in [-0.1, -0.05) is 63.1 Å². The molecule has 0 spiro atoms. The second-order valence-electron chi connectivity index (χ2n) is 9.70. The van der Waals surface area contributed by atoms with Gasteiger partial charge in [0, 0.05) is 17.0 Å². The maximum absolute atomic E-state index is 10.8. The highest BCUT2D eigenvalue weighted by Crippen LogP contribution is 2.44. The van der Waals surface area contributed by atoms with Gasteiger partial charge in [-0.15, -0.1) is 0 Å². The number of aryl methyl sites for hydroxylation is 4. The maximum Gasteiger partial charge on any atom is 0.122 e. The molecule has 1 atom stereocenters. The van der Waals surface area contributed by atoms with Crippen LogP contribution in [-0.2, 0) is 0 Å². The summed E-state index contributed by atoms with van der Waals surface area (Å²) in [5.41, 5.74) is 6.15. The highest BCUT2D eigenvalue weighted by atomic mass is 16.3. The molecule has 0 aliphatic rings. The van der Waals surface area contributed by atoms with Crippen molar-refractivity contribution in [2.45, 2.75) is 74.1 Å². The number of phenolic OH excluding ortho intramolecular Hbond substituents is 2. The predicted octanol–water partition coefficient (Wildman–Crippen LogP) is 6.93. The fraction of sp³-hybridized carbons (Fsp3) is 0.520. The first-order chi connectivity index (χ1) is 12.4. The Morgan fingerprint density at radius 3 is 1.56 bits per heavy atom. The predicted molar refractivity (Wildman–Crippen MR) is 115 cm³/mol. The Balaban J connectivity index is 2.60. The monoisotopic (exact) mass is 368 g/mol. The molecule has 0 amide bonds. The van der Waals surface area contributed by atoms with E-state index >= 15 is 0 Å². The lowest BCUT2D eigenvalue weighted by atomic mass is 9.76. The van der Waals surface area contributed by atoms with Gasteiger partial charge < -0.3 is 10.2 Å². The fourth-order valence-electron chi connectivity index (χ4n) is 4.47. The third-order valence-electron chi connectivity index (χ3n) is 5.30. The summed E-state index contributed by atoms with van der Waals surface area (Å²) in [4.78, 5) is 0. The van der Waals surface area contributed by atoms with Gasteiger partial charge in [0.1, 0.15) is 11.5 Å². The zero-order valence-electron chi connectivity index (χ0n) is 18.3. The molecule has 2 heteroatoms. The van der Waals surface area contributed by atoms with Crippen molar-refractivity contribution in [1.82, 2.24) is 0 Å². The summed E-state index contributed by atoms with van der Waals surface area (Å²) in [5.74, 6) is 1.15. The van der Waals surface area contributed by atoms with Crippen LogP contribution in [0, 0.1) is 39.0 Å². The van der Waals surface area contributed by atoms with E-state index in [1.165, 1.54) is 0 Å². The molecule has 0 radical (unpaired) electrons. The highest BCUT2D eigenvalue weighted by molar-refractivity contribution is 5.53. The van der Waals surface area contributed by atoms with Crippen LogP contribution in [-0.4, -0.2) is 10.2 Å². The Hall–Kier alpha value is -1.96. The minimum Gasteiger partial charge on any atom is -0.507 e. The Morgan fingerprint density at radius 2 is 1.19 bits per heavy atom. The summed E-state index contributed by atoms with van der Waals surface area (Å²) in [6.45, 7) is 17.1. The number of hydrogen-bond acceptors (Lipinski definition) is 2. The van der Waals surface area contributed by atoms with E-state index < -0.39 is 0 Å². The molecule has 0 bridgehead atoms.